The van der Waals surface area contributed by atoms with Crippen LogP contribution < -0.4 is 10.5 Å². The Morgan fingerprint density at radius 3 is 1.84 bits per heavy atom. The molecule has 0 fully saturated rings. The molecule has 0 radical (unpaired) electrons. The van der Waals surface area contributed by atoms with E-state index in [2.05, 4.69) is 0 Å². The molecule has 134 valence electrons. The van der Waals surface area contributed by atoms with Gasteiger partial charge in [0.15, 0.2) is 0 Å². The number of hydrogen-bond donors (Lipinski definition) is 1. The summed E-state index contributed by atoms with van der Waals surface area (Å²) in [6.45, 7) is 1.44. The van der Waals surface area contributed by atoms with Gasteiger partial charge < -0.3 is 19.9 Å². The minimum absolute atomic E-state index is 0.124. The van der Waals surface area contributed by atoms with E-state index >= 15 is 0 Å². The average Bonchev–Trinajstić information content (AvgIpc) is 2.64. The van der Waals surface area contributed by atoms with Gasteiger partial charge in [-0.3, -0.25) is 0 Å². The molecule has 0 aliphatic heterocycles. The van der Waals surface area contributed by atoms with Gasteiger partial charge in [-0.25, -0.2) is 4.39 Å². The van der Waals surface area contributed by atoms with Gasteiger partial charge >= 0.3 is 0 Å². The molecule has 0 aliphatic rings. The van der Waals surface area contributed by atoms with E-state index in [1.165, 1.54) is 0 Å². The fourth-order valence-electron chi connectivity index (χ4n) is 2.07. The molecule has 0 aromatic heterocycles. The van der Waals surface area contributed by atoms with Crippen molar-refractivity contribution in [2.24, 2.45) is 0 Å². The van der Waals surface area contributed by atoms with E-state index in [0.717, 1.165) is 22.6 Å². The van der Waals surface area contributed by atoms with Crippen LogP contribution in [0.25, 0.3) is 12.2 Å². The zero-order valence-corrected chi connectivity index (χ0v) is 14.2. The Bertz CT molecular complexity index is 626. The summed E-state index contributed by atoms with van der Waals surface area (Å²) in [5.41, 5.74) is 8.62. The second kappa shape index (κ2) is 11.2. The van der Waals surface area contributed by atoms with E-state index in [1.807, 2.05) is 60.7 Å². The summed E-state index contributed by atoms with van der Waals surface area (Å²) >= 11 is 0. The number of hydrogen-bond acceptors (Lipinski definition) is 4. The highest BCUT2D eigenvalue weighted by Crippen LogP contribution is 2.15. The molecule has 25 heavy (non-hydrogen) atoms. The van der Waals surface area contributed by atoms with Crippen LogP contribution in [0, 0.1) is 0 Å². The number of nitrogens with two attached hydrogens (primary N) is 1. The normalized spacial score (nSPS) is 11.1. The molecule has 0 saturated carbocycles. The van der Waals surface area contributed by atoms with Crippen LogP contribution in [0.15, 0.2) is 48.5 Å². The quantitative estimate of drug-likeness (QED) is 0.382. The smallest absolute Gasteiger partial charge is 0.119 e. The minimum atomic E-state index is -0.464. The van der Waals surface area contributed by atoms with Crippen LogP contribution in [0.1, 0.15) is 11.1 Å². The summed E-state index contributed by atoms with van der Waals surface area (Å²) in [7, 11) is 0. The number of halogens is 1. The van der Waals surface area contributed by atoms with Crippen molar-refractivity contribution in [3.63, 3.8) is 0 Å². The van der Waals surface area contributed by atoms with Crippen LogP contribution in [-0.2, 0) is 9.47 Å². The number of rotatable bonds is 11. The lowest BCUT2D eigenvalue weighted by Crippen LogP contribution is -2.11. The summed E-state index contributed by atoms with van der Waals surface area (Å²) < 4.78 is 27.7. The summed E-state index contributed by atoms with van der Waals surface area (Å²) in [5, 5.41) is 0. The maximum atomic E-state index is 11.8. The van der Waals surface area contributed by atoms with Crippen molar-refractivity contribution >= 4 is 17.8 Å². The van der Waals surface area contributed by atoms with E-state index < -0.39 is 6.67 Å². The van der Waals surface area contributed by atoms with Crippen molar-refractivity contribution < 1.29 is 18.6 Å². The third kappa shape index (κ3) is 7.83. The molecular formula is C20H24FNO3. The molecule has 0 spiro atoms. The molecule has 2 aromatic carbocycles. The standard InChI is InChI=1S/C20H24FNO3/c21-11-12-23-13-14-24-15-16-25-20-9-5-18(6-10-20)2-1-17-3-7-19(22)8-4-17/h1-10H,11-16,22H2/b2-1+/i21-1. The highest BCUT2D eigenvalue weighted by atomic mass is 18.2. The summed E-state index contributed by atoms with van der Waals surface area (Å²) in [4.78, 5) is 0. The molecule has 5 heteroatoms. The summed E-state index contributed by atoms with van der Waals surface area (Å²) in [6, 6.07) is 15.6. The average molecular weight is 344 g/mol. The van der Waals surface area contributed by atoms with Crippen LogP contribution in [-0.4, -0.2) is 39.7 Å². The molecule has 0 heterocycles. The van der Waals surface area contributed by atoms with Gasteiger partial charge in [0.05, 0.1) is 26.4 Å². The maximum Gasteiger partial charge on any atom is 0.119 e. The number of anilines is 1. The molecule has 0 saturated heterocycles. The Hall–Kier alpha value is -2.37. The third-order valence-electron chi connectivity index (χ3n) is 3.37. The van der Waals surface area contributed by atoms with Gasteiger partial charge in [0.1, 0.15) is 19.0 Å². The lowest BCUT2D eigenvalue weighted by molar-refractivity contribution is 0.0325. The lowest BCUT2D eigenvalue weighted by atomic mass is 10.1. The van der Waals surface area contributed by atoms with Crippen molar-refractivity contribution in [1.82, 2.24) is 0 Å². The van der Waals surface area contributed by atoms with E-state index in [0.29, 0.717) is 26.4 Å². The Morgan fingerprint density at radius 2 is 1.24 bits per heavy atom. The molecule has 2 aromatic rings. The predicted octanol–water partition coefficient (Wildman–Crippen LogP) is 3.82. The van der Waals surface area contributed by atoms with Gasteiger partial charge in [-0.05, 0) is 35.4 Å². The molecular weight excluding hydrogens is 320 g/mol. The Labute approximate surface area is 148 Å². The predicted molar refractivity (Wildman–Crippen MR) is 99.3 cm³/mol. The van der Waals surface area contributed by atoms with Crippen molar-refractivity contribution in [2.45, 2.75) is 0 Å². The summed E-state index contributed by atoms with van der Waals surface area (Å²) in [5.74, 6) is 0.793. The molecule has 2 rings (SSSR count). The Balaban J connectivity index is 1.66. The summed E-state index contributed by atoms with van der Waals surface area (Å²) in [6.07, 6.45) is 4.07. The van der Waals surface area contributed by atoms with Crippen molar-refractivity contribution in [1.29, 1.82) is 0 Å². The number of alkyl halides is 1. The first-order chi connectivity index (χ1) is 12.3. The molecule has 0 atom stereocenters. The third-order valence-corrected chi connectivity index (χ3v) is 3.37. The van der Waals surface area contributed by atoms with Crippen molar-refractivity contribution in [3.05, 3.63) is 59.7 Å². The van der Waals surface area contributed by atoms with Crippen LogP contribution in [0.3, 0.4) is 0 Å². The first kappa shape index (κ1) is 19.0. The minimum Gasteiger partial charge on any atom is -0.491 e. The van der Waals surface area contributed by atoms with Gasteiger partial charge in [-0.1, -0.05) is 36.4 Å². The van der Waals surface area contributed by atoms with Gasteiger partial charge in [0, 0.05) is 5.69 Å². The van der Waals surface area contributed by atoms with Gasteiger partial charge in [-0.2, -0.15) is 0 Å². The molecule has 4 nitrogen and oxygen atoms in total. The van der Waals surface area contributed by atoms with E-state index in [-0.39, 0.29) is 6.61 Å². The van der Waals surface area contributed by atoms with Crippen LogP contribution in [0.5, 0.6) is 5.75 Å². The molecule has 2 N–H and O–H groups in total. The topological polar surface area (TPSA) is 53.7 Å². The van der Waals surface area contributed by atoms with Crippen molar-refractivity contribution in [2.75, 3.05) is 45.4 Å². The van der Waals surface area contributed by atoms with Gasteiger partial charge in [-0.15, -0.1) is 0 Å². The van der Waals surface area contributed by atoms with Gasteiger partial charge in [0.25, 0.3) is 0 Å². The van der Waals surface area contributed by atoms with E-state index in [1.54, 1.807) is 0 Å². The fraction of sp³-hybridized carbons (Fsp3) is 0.300. The van der Waals surface area contributed by atoms with Crippen LogP contribution in [0.4, 0.5) is 10.1 Å². The highest BCUT2D eigenvalue weighted by Gasteiger charge is 1.95. The van der Waals surface area contributed by atoms with E-state index in [4.69, 9.17) is 19.9 Å². The second-order valence-electron chi connectivity index (χ2n) is 5.33. The van der Waals surface area contributed by atoms with Gasteiger partial charge in [0.2, 0.25) is 0 Å². The lowest BCUT2D eigenvalue weighted by Gasteiger charge is -2.07. The zero-order valence-electron chi connectivity index (χ0n) is 14.2. The molecule has 0 aliphatic carbocycles. The number of ether oxygens (including phenoxy) is 3. The molecule has 0 bridgehead atoms. The number of nitrogen functional groups attached to an aromatic ring is 1. The first-order valence-corrected chi connectivity index (χ1v) is 8.26. The second-order valence-corrected chi connectivity index (χ2v) is 5.33. The maximum absolute atomic E-state index is 11.8. The Morgan fingerprint density at radius 1 is 0.720 bits per heavy atom. The van der Waals surface area contributed by atoms with Crippen molar-refractivity contribution in [3.8, 4) is 5.75 Å². The SMILES string of the molecule is Nc1ccc(/C=C/c2ccc(OCCOCCOCC[18F])cc2)cc1. The molecule has 0 unspecified atom stereocenters. The number of benzene rings is 2. The van der Waals surface area contributed by atoms with Crippen LogP contribution >= 0.6 is 0 Å². The zero-order chi connectivity index (χ0) is 17.7. The highest BCUT2D eigenvalue weighted by molar-refractivity contribution is 5.70. The first-order valence-electron chi connectivity index (χ1n) is 8.26. The Kier molecular flexibility index (Phi) is 8.52. The van der Waals surface area contributed by atoms with Crippen LogP contribution in [0.2, 0.25) is 0 Å². The monoisotopic (exact) mass is 344 g/mol. The molecule has 0 amide bonds. The fourth-order valence-corrected chi connectivity index (χ4v) is 2.07. The van der Waals surface area contributed by atoms with E-state index in [9.17, 15) is 4.39 Å². The largest absolute Gasteiger partial charge is 0.491 e.